The van der Waals surface area contributed by atoms with Gasteiger partial charge in [0.1, 0.15) is 0 Å². The zero-order chi connectivity index (χ0) is 14.0. The first-order chi connectivity index (χ1) is 8.91. The molecule has 0 saturated carbocycles. The van der Waals surface area contributed by atoms with Crippen molar-refractivity contribution in [2.45, 2.75) is 18.5 Å². The average molecular weight is 333 g/mol. The third kappa shape index (κ3) is 3.41. The fraction of sp³-hybridized carbons (Fsp3) is 0.200. The van der Waals surface area contributed by atoms with Gasteiger partial charge in [0.25, 0.3) is 0 Å². The Morgan fingerprint density at radius 2 is 1.95 bits per heavy atom. The van der Waals surface area contributed by atoms with Crippen molar-refractivity contribution >= 4 is 50.4 Å². The molecule has 2 rings (SSSR count). The number of rotatable bonds is 4. The minimum absolute atomic E-state index is 0.145. The third-order valence-corrected chi connectivity index (χ3v) is 6.37. The number of para-hydroxylation sites is 1. The summed E-state index contributed by atoms with van der Waals surface area (Å²) >= 11 is 4.29. The number of hydrogen-bond donors (Lipinski definition) is 1. The van der Waals surface area contributed by atoms with Crippen LogP contribution in [0.25, 0.3) is 0 Å². The van der Waals surface area contributed by atoms with Gasteiger partial charge in [0.15, 0.2) is 18.5 Å². The van der Waals surface area contributed by atoms with E-state index in [9.17, 15) is 8.42 Å². The van der Waals surface area contributed by atoms with Crippen molar-refractivity contribution < 1.29 is 8.42 Å². The summed E-state index contributed by atoms with van der Waals surface area (Å²) in [5.41, 5.74) is 6.17. The number of sulfone groups is 1. The molecule has 0 aliphatic carbocycles. The van der Waals surface area contributed by atoms with Gasteiger partial charge in [-0.3, -0.25) is 0 Å². The van der Waals surface area contributed by atoms with Crippen molar-refractivity contribution in [3.05, 3.63) is 18.2 Å². The van der Waals surface area contributed by atoms with Crippen molar-refractivity contribution in [1.29, 1.82) is 0 Å². The van der Waals surface area contributed by atoms with E-state index >= 15 is 0 Å². The van der Waals surface area contributed by atoms with Crippen molar-refractivity contribution in [2.75, 3.05) is 18.2 Å². The van der Waals surface area contributed by atoms with Gasteiger partial charge in [0, 0.05) is 11.2 Å². The summed E-state index contributed by atoms with van der Waals surface area (Å²) in [6.45, 7) is 0. The maximum atomic E-state index is 11.6. The van der Waals surface area contributed by atoms with Crippen LogP contribution in [0.1, 0.15) is 0 Å². The van der Waals surface area contributed by atoms with Crippen LogP contribution in [0.2, 0.25) is 0 Å². The van der Waals surface area contributed by atoms with E-state index in [1.807, 2.05) is 6.26 Å². The lowest BCUT2D eigenvalue weighted by Crippen LogP contribution is -2.03. The first-order valence-electron chi connectivity index (χ1n) is 5.05. The van der Waals surface area contributed by atoms with Crippen LogP contribution in [-0.4, -0.2) is 31.1 Å². The Kier molecular flexibility index (Phi) is 4.39. The Hall–Kier alpha value is -0.770. The molecule has 1 heterocycles. The van der Waals surface area contributed by atoms with Gasteiger partial charge in [-0.15, -0.1) is 10.2 Å². The zero-order valence-corrected chi connectivity index (χ0v) is 13.4. The molecule has 0 bridgehead atoms. The largest absolute Gasteiger partial charge is 0.397 e. The predicted molar refractivity (Wildman–Crippen MR) is 79.8 cm³/mol. The van der Waals surface area contributed by atoms with Crippen molar-refractivity contribution in [3.8, 4) is 0 Å². The van der Waals surface area contributed by atoms with Gasteiger partial charge in [-0.05, 0) is 18.4 Å². The molecule has 1 aromatic heterocycles. The molecule has 5 nitrogen and oxygen atoms in total. The molecule has 0 aliphatic rings. The molecule has 9 heteroatoms. The van der Waals surface area contributed by atoms with E-state index in [1.54, 1.807) is 12.1 Å². The topological polar surface area (TPSA) is 85.9 Å². The van der Waals surface area contributed by atoms with Crippen LogP contribution in [0.5, 0.6) is 0 Å². The van der Waals surface area contributed by atoms with Gasteiger partial charge in [-0.2, -0.15) is 0 Å². The Morgan fingerprint density at radius 1 is 1.26 bits per heavy atom. The number of aromatic nitrogens is 2. The van der Waals surface area contributed by atoms with Gasteiger partial charge in [-0.1, -0.05) is 40.9 Å². The van der Waals surface area contributed by atoms with Crippen LogP contribution < -0.4 is 5.73 Å². The molecule has 0 amide bonds. The van der Waals surface area contributed by atoms with Crippen LogP contribution in [0.15, 0.2) is 36.7 Å². The minimum atomic E-state index is -3.32. The lowest BCUT2D eigenvalue weighted by molar-refractivity contribution is 0.602. The maximum Gasteiger partial charge on any atom is 0.179 e. The molecule has 2 aromatic rings. The molecule has 19 heavy (non-hydrogen) atoms. The van der Waals surface area contributed by atoms with Crippen LogP contribution in [0.3, 0.4) is 0 Å². The predicted octanol–water partition coefficient (Wildman–Crippen LogP) is 2.40. The number of benzene rings is 1. The molecule has 0 aliphatic heterocycles. The molecule has 0 spiro atoms. The fourth-order valence-corrected chi connectivity index (χ4v) is 4.72. The smallest absolute Gasteiger partial charge is 0.179 e. The van der Waals surface area contributed by atoms with E-state index in [0.717, 1.165) is 14.9 Å². The van der Waals surface area contributed by atoms with Crippen LogP contribution in [0, 0.1) is 0 Å². The van der Waals surface area contributed by atoms with Crippen LogP contribution >= 0.6 is 34.9 Å². The summed E-state index contributed by atoms with van der Waals surface area (Å²) in [5.74, 6) is 0. The Morgan fingerprint density at radius 3 is 2.53 bits per heavy atom. The highest BCUT2D eigenvalue weighted by atomic mass is 32.2. The molecule has 2 N–H and O–H groups in total. The van der Waals surface area contributed by atoms with Gasteiger partial charge < -0.3 is 5.73 Å². The second-order valence-electron chi connectivity index (χ2n) is 3.58. The Bertz CT molecular complexity index is 697. The normalized spacial score (nSPS) is 11.7. The third-order valence-electron chi connectivity index (χ3n) is 2.19. The molecule has 0 fully saturated rings. The number of hydrogen-bond acceptors (Lipinski definition) is 8. The van der Waals surface area contributed by atoms with E-state index in [2.05, 4.69) is 10.2 Å². The number of anilines is 1. The van der Waals surface area contributed by atoms with Gasteiger partial charge in [0.05, 0.1) is 10.6 Å². The summed E-state index contributed by atoms with van der Waals surface area (Å²) in [7, 11) is -3.32. The number of nitrogens with two attached hydrogens (primary N) is 1. The molecule has 102 valence electrons. The Labute approximate surface area is 123 Å². The Balaban J connectivity index is 2.36. The summed E-state index contributed by atoms with van der Waals surface area (Å²) in [4.78, 5) is 0.818. The van der Waals surface area contributed by atoms with Crippen LogP contribution in [-0.2, 0) is 9.84 Å². The second-order valence-corrected chi connectivity index (χ2v) is 8.88. The van der Waals surface area contributed by atoms with Crippen molar-refractivity contribution in [1.82, 2.24) is 10.2 Å². The van der Waals surface area contributed by atoms with Crippen molar-refractivity contribution in [2.24, 2.45) is 0 Å². The van der Waals surface area contributed by atoms with Crippen LogP contribution in [0.4, 0.5) is 5.69 Å². The van der Waals surface area contributed by atoms with E-state index in [4.69, 9.17) is 5.73 Å². The lowest BCUT2D eigenvalue weighted by Gasteiger charge is -2.07. The van der Waals surface area contributed by atoms with Crippen molar-refractivity contribution in [3.63, 3.8) is 0 Å². The second kappa shape index (κ2) is 5.70. The zero-order valence-electron chi connectivity index (χ0n) is 10.2. The number of nitrogen functional groups attached to an aromatic ring is 1. The van der Waals surface area contributed by atoms with E-state index in [-0.39, 0.29) is 10.6 Å². The fourth-order valence-electron chi connectivity index (χ4n) is 1.35. The molecule has 0 saturated heterocycles. The summed E-state index contributed by atoms with van der Waals surface area (Å²) in [6, 6.07) is 4.95. The average Bonchev–Trinajstić information content (AvgIpc) is 2.78. The highest BCUT2D eigenvalue weighted by molar-refractivity contribution is 8.03. The SMILES string of the molecule is CSc1nnc(Sc2cccc(S(C)(=O)=O)c2N)s1. The monoisotopic (exact) mass is 333 g/mol. The highest BCUT2D eigenvalue weighted by Crippen LogP contribution is 2.37. The lowest BCUT2D eigenvalue weighted by atomic mass is 10.3. The highest BCUT2D eigenvalue weighted by Gasteiger charge is 2.16. The quantitative estimate of drug-likeness (QED) is 0.679. The van der Waals surface area contributed by atoms with E-state index < -0.39 is 9.84 Å². The number of nitrogens with zero attached hydrogens (tertiary/aromatic N) is 2. The first-order valence-corrected chi connectivity index (χ1v) is 9.80. The molecule has 0 radical (unpaired) electrons. The molecule has 1 aromatic carbocycles. The van der Waals surface area contributed by atoms with E-state index in [0.29, 0.717) is 4.90 Å². The molecule has 0 unspecified atom stereocenters. The van der Waals surface area contributed by atoms with Gasteiger partial charge in [0.2, 0.25) is 0 Å². The standard InChI is InChI=1S/C10H11N3O2S4/c1-16-9-12-13-10(18-9)17-6-4-3-5-7(8(6)11)19(2,14)15/h3-5H,11H2,1-2H3. The molecular formula is C10H11N3O2S4. The van der Waals surface area contributed by atoms with E-state index in [1.165, 1.54) is 40.9 Å². The molecular weight excluding hydrogens is 322 g/mol. The number of thioether (sulfide) groups is 1. The summed E-state index contributed by atoms with van der Waals surface area (Å²) in [6.07, 6.45) is 3.07. The first kappa shape index (κ1) is 14.6. The summed E-state index contributed by atoms with van der Waals surface area (Å²) in [5, 5.41) is 8.00. The summed E-state index contributed by atoms with van der Waals surface area (Å²) < 4.78 is 24.8. The van der Waals surface area contributed by atoms with Gasteiger partial charge in [-0.25, -0.2) is 8.42 Å². The maximum absolute atomic E-state index is 11.6. The van der Waals surface area contributed by atoms with Gasteiger partial charge >= 0.3 is 0 Å². The molecule has 0 atom stereocenters. The minimum Gasteiger partial charge on any atom is -0.397 e.